The maximum atomic E-state index is 12.9. The summed E-state index contributed by atoms with van der Waals surface area (Å²) >= 11 is 0. The molecule has 2 aliphatic heterocycles. The second-order valence-corrected chi connectivity index (χ2v) is 8.33. The fourth-order valence-corrected chi connectivity index (χ4v) is 3.85. The van der Waals surface area contributed by atoms with E-state index in [1.807, 2.05) is 24.3 Å². The van der Waals surface area contributed by atoms with Crippen LogP contribution in [-0.2, 0) is 0 Å². The van der Waals surface area contributed by atoms with Gasteiger partial charge in [-0.25, -0.2) is 4.79 Å². The second-order valence-electron chi connectivity index (χ2n) is 8.33. The summed E-state index contributed by atoms with van der Waals surface area (Å²) in [5, 5.41) is 0. The van der Waals surface area contributed by atoms with Crippen LogP contribution in [0.4, 0.5) is 0 Å². The minimum Gasteiger partial charge on any atom is -0.454 e. The number of rotatable bonds is 4. The van der Waals surface area contributed by atoms with E-state index in [4.69, 9.17) is 18.9 Å². The molecule has 6 heteroatoms. The first-order valence-corrected chi connectivity index (χ1v) is 10.7. The van der Waals surface area contributed by atoms with Crippen LogP contribution in [-0.4, -0.2) is 18.5 Å². The van der Waals surface area contributed by atoms with Gasteiger partial charge in [0.05, 0.1) is 11.1 Å². The predicted octanol–water partition coefficient (Wildman–Crippen LogP) is 5.68. The van der Waals surface area contributed by atoms with Crippen LogP contribution in [0.15, 0.2) is 60.4 Å². The SMILES string of the molecule is Cc1cc(OC(=O)c2ccc3c(c2)OCO3)cc2c1C(=O)/C(=C/c1ccc(C(C)C)cc1)O2. The Bertz CT molecular complexity index is 1300. The molecule has 33 heavy (non-hydrogen) atoms. The smallest absolute Gasteiger partial charge is 0.343 e. The predicted molar refractivity (Wildman–Crippen MR) is 122 cm³/mol. The molecule has 0 aliphatic carbocycles. The van der Waals surface area contributed by atoms with Crippen molar-refractivity contribution < 1.29 is 28.5 Å². The third-order valence-corrected chi connectivity index (χ3v) is 5.66. The Kier molecular flexibility index (Phi) is 5.13. The maximum Gasteiger partial charge on any atom is 0.343 e. The van der Waals surface area contributed by atoms with Gasteiger partial charge in [-0.15, -0.1) is 0 Å². The average Bonchev–Trinajstić information content (AvgIpc) is 3.38. The van der Waals surface area contributed by atoms with Crippen LogP contribution in [0.3, 0.4) is 0 Å². The van der Waals surface area contributed by atoms with Crippen molar-refractivity contribution in [3.8, 4) is 23.0 Å². The van der Waals surface area contributed by atoms with Crippen LogP contribution in [0.1, 0.15) is 57.2 Å². The quantitative estimate of drug-likeness (QED) is 0.294. The van der Waals surface area contributed by atoms with E-state index < -0.39 is 5.97 Å². The first-order valence-electron chi connectivity index (χ1n) is 10.7. The van der Waals surface area contributed by atoms with Crippen molar-refractivity contribution in [3.63, 3.8) is 0 Å². The second kappa shape index (κ2) is 8.13. The Morgan fingerprint density at radius 2 is 1.73 bits per heavy atom. The van der Waals surface area contributed by atoms with Crippen LogP contribution >= 0.6 is 0 Å². The molecule has 2 aliphatic rings. The van der Waals surface area contributed by atoms with Gasteiger partial charge in [0.2, 0.25) is 12.6 Å². The van der Waals surface area contributed by atoms with E-state index in [9.17, 15) is 9.59 Å². The Balaban J connectivity index is 1.37. The number of benzene rings is 3. The Morgan fingerprint density at radius 3 is 2.48 bits per heavy atom. The highest BCUT2D eigenvalue weighted by molar-refractivity contribution is 6.15. The van der Waals surface area contributed by atoms with Crippen LogP contribution in [0.25, 0.3) is 6.08 Å². The van der Waals surface area contributed by atoms with Gasteiger partial charge in [-0.2, -0.15) is 0 Å². The topological polar surface area (TPSA) is 71.1 Å². The average molecular weight is 442 g/mol. The highest BCUT2D eigenvalue weighted by Crippen LogP contribution is 2.38. The number of carbonyl (C=O) groups is 2. The number of hydrogen-bond donors (Lipinski definition) is 0. The highest BCUT2D eigenvalue weighted by atomic mass is 16.7. The molecule has 6 nitrogen and oxygen atoms in total. The molecule has 0 unspecified atom stereocenters. The molecular weight excluding hydrogens is 420 g/mol. The lowest BCUT2D eigenvalue weighted by Gasteiger charge is -2.08. The summed E-state index contributed by atoms with van der Waals surface area (Å²) in [5.74, 6) is 1.70. The van der Waals surface area contributed by atoms with Gasteiger partial charge in [-0.3, -0.25) is 4.79 Å². The number of hydrogen-bond acceptors (Lipinski definition) is 6. The molecule has 0 atom stereocenters. The summed E-state index contributed by atoms with van der Waals surface area (Å²) < 4.78 is 22.0. The van der Waals surface area contributed by atoms with E-state index in [0.717, 1.165) is 5.56 Å². The molecule has 3 aromatic rings. The fourth-order valence-electron chi connectivity index (χ4n) is 3.85. The molecule has 0 N–H and O–H groups in total. The van der Waals surface area contributed by atoms with Crippen LogP contribution < -0.4 is 18.9 Å². The third-order valence-electron chi connectivity index (χ3n) is 5.66. The standard InChI is InChI=1S/C27H22O6/c1-15(2)18-6-4-17(5-7-18)11-24-26(28)25-16(3)10-20(13-23(25)33-24)32-27(29)19-8-9-21-22(12-19)31-14-30-21/h4-13,15H,14H2,1-3H3/b24-11-. The molecule has 3 aromatic carbocycles. The molecule has 5 rings (SSSR count). The molecule has 0 saturated heterocycles. The molecule has 166 valence electrons. The lowest BCUT2D eigenvalue weighted by molar-refractivity contribution is 0.0734. The number of fused-ring (bicyclic) bond motifs is 2. The van der Waals surface area contributed by atoms with Crippen molar-refractivity contribution >= 4 is 17.8 Å². The minimum atomic E-state index is -0.544. The van der Waals surface area contributed by atoms with Crippen molar-refractivity contribution in [2.75, 3.05) is 6.79 Å². The van der Waals surface area contributed by atoms with Gasteiger partial charge in [0.15, 0.2) is 17.3 Å². The Labute approximate surface area is 191 Å². The monoisotopic (exact) mass is 442 g/mol. The summed E-state index contributed by atoms with van der Waals surface area (Å²) in [6.07, 6.45) is 1.73. The van der Waals surface area contributed by atoms with Gasteiger partial charge < -0.3 is 18.9 Å². The number of Topliss-reactive ketones (excluding diaryl/α,β-unsaturated/α-hetero) is 1. The van der Waals surface area contributed by atoms with Crippen LogP contribution in [0, 0.1) is 6.92 Å². The maximum absolute atomic E-state index is 12.9. The molecule has 2 heterocycles. The van der Waals surface area contributed by atoms with Crippen molar-refractivity contribution in [1.82, 2.24) is 0 Å². The van der Waals surface area contributed by atoms with E-state index in [-0.39, 0.29) is 18.3 Å². The molecule has 0 radical (unpaired) electrons. The number of ketones is 1. The molecule has 0 saturated carbocycles. The third kappa shape index (κ3) is 3.96. The molecule has 0 bridgehead atoms. The summed E-state index contributed by atoms with van der Waals surface area (Å²) in [4.78, 5) is 25.6. The zero-order valence-corrected chi connectivity index (χ0v) is 18.5. The molecule has 0 fully saturated rings. The Morgan fingerprint density at radius 1 is 0.970 bits per heavy atom. The molecule has 0 amide bonds. The number of ether oxygens (including phenoxy) is 4. The van der Waals surface area contributed by atoms with Crippen LogP contribution in [0.5, 0.6) is 23.0 Å². The molecule has 0 aromatic heterocycles. The zero-order valence-electron chi connectivity index (χ0n) is 18.5. The van der Waals surface area contributed by atoms with E-state index in [2.05, 4.69) is 13.8 Å². The zero-order chi connectivity index (χ0) is 23.1. The van der Waals surface area contributed by atoms with Gasteiger partial charge >= 0.3 is 5.97 Å². The molecular formula is C27H22O6. The number of esters is 1. The van der Waals surface area contributed by atoms with Gasteiger partial charge in [0.25, 0.3) is 0 Å². The van der Waals surface area contributed by atoms with Crippen molar-refractivity contribution in [1.29, 1.82) is 0 Å². The fraction of sp³-hybridized carbons (Fsp3) is 0.185. The van der Waals surface area contributed by atoms with E-state index in [1.165, 1.54) is 5.56 Å². The van der Waals surface area contributed by atoms with Crippen LogP contribution in [0.2, 0.25) is 0 Å². The lowest BCUT2D eigenvalue weighted by atomic mass is 10.0. The summed E-state index contributed by atoms with van der Waals surface area (Å²) in [5.41, 5.74) is 3.58. The van der Waals surface area contributed by atoms with Crippen molar-refractivity contribution in [2.45, 2.75) is 26.7 Å². The first kappa shape index (κ1) is 20.8. The van der Waals surface area contributed by atoms with E-state index in [0.29, 0.717) is 45.6 Å². The largest absolute Gasteiger partial charge is 0.454 e. The van der Waals surface area contributed by atoms with Gasteiger partial charge in [0, 0.05) is 6.07 Å². The summed E-state index contributed by atoms with van der Waals surface area (Å²) in [6.45, 7) is 6.18. The number of aryl methyl sites for hydroxylation is 1. The highest BCUT2D eigenvalue weighted by Gasteiger charge is 2.30. The number of carbonyl (C=O) groups excluding carboxylic acids is 2. The van der Waals surface area contributed by atoms with E-state index in [1.54, 1.807) is 43.3 Å². The van der Waals surface area contributed by atoms with Crippen molar-refractivity contribution in [3.05, 3.63) is 88.2 Å². The normalized spacial score (nSPS) is 15.0. The lowest BCUT2D eigenvalue weighted by Crippen LogP contribution is -2.08. The Hall–Kier alpha value is -4.06. The van der Waals surface area contributed by atoms with Gasteiger partial charge in [-0.1, -0.05) is 38.1 Å². The molecule has 0 spiro atoms. The van der Waals surface area contributed by atoms with Gasteiger partial charge in [0.1, 0.15) is 11.5 Å². The van der Waals surface area contributed by atoms with E-state index >= 15 is 0 Å². The first-order chi connectivity index (χ1) is 15.9. The number of allylic oxidation sites excluding steroid dienone is 1. The summed E-state index contributed by atoms with van der Waals surface area (Å²) in [7, 11) is 0. The van der Waals surface area contributed by atoms with Crippen molar-refractivity contribution in [2.24, 2.45) is 0 Å². The minimum absolute atomic E-state index is 0.126. The van der Waals surface area contributed by atoms with Gasteiger partial charge in [-0.05, 0) is 59.9 Å². The summed E-state index contributed by atoms with van der Waals surface area (Å²) in [6, 6.07) is 16.1.